The highest BCUT2D eigenvalue weighted by Gasteiger charge is 2.04. The molecule has 0 radical (unpaired) electrons. The lowest BCUT2D eigenvalue weighted by atomic mass is 10.1. The molecule has 3 nitrogen and oxygen atoms in total. The fourth-order valence-electron chi connectivity index (χ4n) is 1.52. The van der Waals surface area contributed by atoms with Crippen LogP contribution in [0.4, 0.5) is 5.13 Å². The molecule has 0 fully saturated rings. The number of ketones is 1. The van der Waals surface area contributed by atoms with Crippen molar-refractivity contribution >= 4 is 22.3 Å². The van der Waals surface area contributed by atoms with Crippen LogP contribution < -0.4 is 5.32 Å². The Hall–Kier alpha value is -1.68. The van der Waals surface area contributed by atoms with Crippen molar-refractivity contribution in [1.29, 1.82) is 0 Å². The lowest BCUT2D eigenvalue weighted by Gasteiger charge is -2.02. The maximum atomic E-state index is 11.8. The standard InChI is InChI=1S/C13H14N2OS/c16-12(11-5-2-1-3-6-11)7-4-8-14-13-15-9-10-17-13/h1-3,5-6,9-10H,4,7-8H2,(H,14,15). The fraction of sp³-hybridized carbons (Fsp3) is 0.231. The third-order valence-electron chi connectivity index (χ3n) is 2.38. The Kier molecular flexibility index (Phi) is 4.27. The van der Waals surface area contributed by atoms with Crippen molar-refractivity contribution in [3.8, 4) is 0 Å². The van der Waals surface area contributed by atoms with Crippen LogP contribution in [0.3, 0.4) is 0 Å². The summed E-state index contributed by atoms with van der Waals surface area (Å²) in [5.41, 5.74) is 0.793. The first-order valence-corrected chi connectivity index (χ1v) is 6.46. The topological polar surface area (TPSA) is 42.0 Å². The third kappa shape index (κ3) is 3.67. The molecule has 2 rings (SSSR count). The van der Waals surface area contributed by atoms with Gasteiger partial charge in [-0.15, -0.1) is 11.3 Å². The highest BCUT2D eigenvalue weighted by Crippen LogP contribution is 2.10. The lowest BCUT2D eigenvalue weighted by molar-refractivity contribution is 0.0981. The minimum absolute atomic E-state index is 0.200. The molecule has 1 aromatic heterocycles. The molecule has 0 spiro atoms. The Balaban J connectivity index is 1.70. The van der Waals surface area contributed by atoms with Gasteiger partial charge in [-0.1, -0.05) is 30.3 Å². The molecule has 0 aliphatic carbocycles. The molecule has 0 unspecified atom stereocenters. The zero-order valence-electron chi connectivity index (χ0n) is 9.43. The summed E-state index contributed by atoms with van der Waals surface area (Å²) in [4.78, 5) is 15.9. The number of hydrogen-bond acceptors (Lipinski definition) is 4. The SMILES string of the molecule is O=C(CCCNc1nccs1)c1ccccc1. The number of benzene rings is 1. The van der Waals surface area contributed by atoms with E-state index < -0.39 is 0 Å². The van der Waals surface area contributed by atoms with Crippen LogP contribution in [0.5, 0.6) is 0 Å². The molecule has 1 N–H and O–H groups in total. The molecule has 0 saturated carbocycles. The van der Waals surface area contributed by atoms with Crippen LogP contribution in [-0.2, 0) is 0 Å². The number of hydrogen-bond donors (Lipinski definition) is 1. The predicted molar refractivity (Wildman–Crippen MR) is 70.6 cm³/mol. The van der Waals surface area contributed by atoms with Crippen LogP contribution in [0.2, 0.25) is 0 Å². The molecule has 1 aromatic carbocycles. The number of aromatic nitrogens is 1. The van der Waals surface area contributed by atoms with Crippen LogP contribution in [0.15, 0.2) is 41.9 Å². The van der Waals surface area contributed by atoms with Gasteiger partial charge in [-0.05, 0) is 6.42 Å². The van der Waals surface area contributed by atoms with E-state index >= 15 is 0 Å². The van der Waals surface area contributed by atoms with Crippen LogP contribution in [0.1, 0.15) is 23.2 Å². The van der Waals surface area contributed by atoms with Gasteiger partial charge in [0.25, 0.3) is 0 Å². The van der Waals surface area contributed by atoms with Gasteiger partial charge in [0.05, 0.1) is 0 Å². The molecule has 0 saturated heterocycles. The van der Waals surface area contributed by atoms with Crippen LogP contribution in [0.25, 0.3) is 0 Å². The van der Waals surface area contributed by atoms with Gasteiger partial charge in [-0.25, -0.2) is 4.98 Å². The largest absolute Gasteiger partial charge is 0.362 e. The smallest absolute Gasteiger partial charge is 0.182 e. The minimum atomic E-state index is 0.200. The molecule has 1 heterocycles. The number of nitrogens with one attached hydrogen (secondary N) is 1. The quantitative estimate of drug-likeness (QED) is 0.628. The minimum Gasteiger partial charge on any atom is -0.362 e. The number of carbonyl (C=O) groups excluding carboxylic acids is 1. The summed E-state index contributed by atoms with van der Waals surface area (Å²) in [6.45, 7) is 0.784. The van der Waals surface area contributed by atoms with Crippen molar-refractivity contribution in [2.24, 2.45) is 0 Å². The van der Waals surface area contributed by atoms with Gasteiger partial charge in [-0.2, -0.15) is 0 Å². The monoisotopic (exact) mass is 246 g/mol. The van der Waals surface area contributed by atoms with E-state index in [0.29, 0.717) is 6.42 Å². The number of Topliss-reactive ketones (excluding diaryl/α,β-unsaturated/α-hetero) is 1. The molecule has 0 aliphatic heterocycles. The molecule has 17 heavy (non-hydrogen) atoms. The summed E-state index contributed by atoms with van der Waals surface area (Å²) < 4.78 is 0. The van der Waals surface area contributed by atoms with E-state index in [1.807, 2.05) is 35.7 Å². The van der Waals surface area contributed by atoms with E-state index in [-0.39, 0.29) is 5.78 Å². The molecule has 4 heteroatoms. The highest BCUT2D eigenvalue weighted by molar-refractivity contribution is 7.13. The van der Waals surface area contributed by atoms with Gasteiger partial charge in [0.1, 0.15) is 0 Å². The number of rotatable bonds is 6. The van der Waals surface area contributed by atoms with Gasteiger partial charge in [0, 0.05) is 30.1 Å². The lowest BCUT2D eigenvalue weighted by Crippen LogP contribution is -2.05. The summed E-state index contributed by atoms with van der Waals surface area (Å²) in [6, 6.07) is 9.41. The Morgan fingerprint density at radius 3 is 2.82 bits per heavy atom. The summed E-state index contributed by atoms with van der Waals surface area (Å²) in [5, 5.41) is 6.03. The summed E-state index contributed by atoms with van der Waals surface area (Å²) >= 11 is 1.57. The van der Waals surface area contributed by atoms with Crippen molar-refractivity contribution in [3.05, 3.63) is 47.5 Å². The van der Waals surface area contributed by atoms with Gasteiger partial charge in [-0.3, -0.25) is 4.79 Å². The van der Waals surface area contributed by atoms with E-state index in [1.165, 1.54) is 0 Å². The second kappa shape index (κ2) is 6.15. The van der Waals surface area contributed by atoms with E-state index in [9.17, 15) is 4.79 Å². The first-order chi connectivity index (χ1) is 8.36. The second-order valence-corrected chi connectivity index (χ2v) is 4.55. The molecular formula is C13H14N2OS. The van der Waals surface area contributed by atoms with Crippen LogP contribution >= 0.6 is 11.3 Å². The van der Waals surface area contributed by atoms with Crippen LogP contribution in [0, 0.1) is 0 Å². The average Bonchev–Trinajstić information content (AvgIpc) is 2.88. The summed E-state index contributed by atoms with van der Waals surface area (Å²) in [7, 11) is 0. The first kappa shape index (κ1) is 11.8. The maximum absolute atomic E-state index is 11.8. The highest BCUT2D eigenvalue weighted by atomic mass is 32.1. The molecular weight excluding hydrogens is 232 g/mol. The van der Waals surface area contributed by atoms with Gasteiger partial charge >= 0.3 is 0 Å². The normalized spacial score (nSPS) is 10.1. The van der Waals surface area contributed by atoms with Crippen molar-refractivity contribution in [2.45, 2.75) is 12.8 Å². The van der Waals surface area contributed by atoms with Crippen LogP contribution in [-0.4, -0.2) is 17.3 Å². The Morgan fingerprint density at radius 2 is 2.12 bits per heavy atom. The number of thiazole rings is 1. The molecule has 0 aliphatic rings. The molecule has 0 atom stereocenters. The number of anilines is 1. The molecule has 0 bridgehead atoms. The Morgan fingerprint density at radius 1 is 1.29 bits per heavy atom. The van der Waals surface area contributed by atoms with Crippen molar-refractivity contribution in [1.82, 2.24) is 4.98 Å². The summed E-state index contributed by atoms with van der Waals surface area (Å²) in [6.07, 6.45) is 3.16. The average molecular weight is 246 g/mol. The van der Waals surface area contributed by atoms with Crippen molar-refractivity contribution in [2.75, 3.05) is 11.9 Å². The van der Waals surface area contributed by atoms with Gasteiger partial charge in [0.2, 0.25) is 0 Å². The maximum Gasteiger partial charge on any atom is 0.182 e. The van der Waals surface area contributed by atoms with E-state index in [2.05, 4.69) is 10.3 Å². The Bertz CT molecular complexity index is 454. The van der Waals surface area contributed by atoms with E-state index in [4.69, 9.17) is 0 Å². The number of carbonyl (C=O) groups is 1. The molecule has 88 valence electrons. The number of nitrogens with zero attached hydrogens (tertiary/aromatic N) is 1. The zero-order valence-corrected chi connectivity index (χ0v) is 10.2. The van der Waals surface area contributed by atoms with Crippen molar-refractivity contribution in [3.63, 3.8) is 0 Å². The third-order valence-corrected chi connectivity index (χ3v) is 3.12. The first-order valence-electron chi connectivity index (χ1n) is 5.58. The summed E-state index contributed by atoms with van der Waals surface area (Å²) in [5.74, 6) is 0.200. The van der Waals surface area contributed by atoms with Gasteiger partial charge < -0.3 is 5.32 Å². The van der Waals surface area contributed by atoms with E-state index in [0.717, 1.165) is 23.7 Å². The van der Waals surface area contributed by atoms with Crippen molar-refractivity contribution < 1.29 is 4.79 Å². The second-order valence-electron chi connectivity index (χ2n) is 3.66. The fourth-order valence-corrected chi connectivity index (χ4v) is 2.08. The molecule has 2 aromatic rings. The Labute approximate surface area is 105 Å². The zero-order chi connectivity index (χ0) is 11.9. The van der Waals surface area contributed by atoms with E-state index in [1.54, 1.807) is 17.5 Å². The molecule has 0 amide bonds. The predicted octanol–water partition coefficient (Wildman–Crippen LogP) is 3.22. The van der Waals surface area contributed by atoms with Gasteiger partial charge in [0.15, 0.2) is 10.9 Å².